The second-order valence-electron chi connectivity index (χ2n) is 35.5. The van der Waals surface area contributed by atoms with Crippen molar-refractivity contribution in [3.05, 3.63) is 459 Å². The minimum absolute atomic E-state index is 0. The van der Waals surface area contributed by atoms with Gasteiger partial charge in [0.05, 0.1) is 42.0 Å². The monoisotopic (exact) mass is 2530 g/mol. The Morgan fingerprint density at radius 2 is 0.796 bits per heavy atom. The molecule has 19 aromatic rings. The predicted octanol–water partition coefficient (Wildman–Crippen LogP) is 32.4. The molecule has 24 rings (SSSR count). The van der Waals surface area contributed by atoms with E-state index >= 15 is 0 Å². The van der Waals surface area contributed by atoms with E-state index in [1.165, 1.54) is 144 Å². The molecule has 0 aromatic heterocycles. The number of halogens is 8. The summed E-state index contributed by atoms with van der Waals surface area (Å²) in [7, 11) is -2.04. The third kappa shape index (κ3) is 26.3. The summed E-state index contributed by atoms with van der Waals surface area (Å²) in [6.07, 6.45) is 4.33. The number of nitro groups is 1. The third-order valence-corrected chi connectivity index (χ3v) is 29.8. The molecule has 1 saturated heterocycles. The fourth-order valence-electron chi connectivity index (χ4n) is 18.8. The Bertz CT molecular complexity index is 8180. The number of methoxy groups -OCH3 is 2. The van der Waals surface area contributed by atoms with Gasteiger partial charge in [0.15, 0.2) is 5.78 Å². The normalized spacial score (nSPS) is 12.5. The van der Waals surface area contributed by atoms with Crippen molar-refractivity contribution in [2.45, 2.75) is 65.2 Å². The van der Waals surface area contributed by atoms with Crippen molar-refractivity contribution in [3.8, 4) is 61.4 Å². The van der Waals surface area contributed by atoms with Crippen LogP contribution in [0, 0.1) is 13.7 Å². The molecule has 4 N–H and O–H groups in total. The first-order valence-electron chi connectivity index (χ1n) is 46.1. The first-order chi connectivity index (χ1) is 70.0. The Morgan fingerprint density at radius 1 is 0.422 bits per heavy atom. The Labute approximate surface area is 928 Å². The molecule has 741 valence electrons. The molecule has 1 aliphatic heterocycles. The van der Waals surface area contributed by atoms with Crippen LogP contribution in [-0.4, -0.2) is 99.2 Å². The van der Waals surface area contributed by atoms with Crippen molar-refractivity contribution in [2.24, 2.45) is 0 Å². The number of carbonyl (C=O) groups is 3. The second kappa shape index (κ2) is 49.8. The van der Waals surface area contributed by atoms with Crippen molar-refractivity contribution in [3.63, 3.8) is 0 Å². The molecule has 147 heavy (non-hydrogen) atoms. The van der Waals surface area contributed by atoms with Gasteiger partial charge in [0.25, 0.3) is 15.8 Å². The maximum Gasteiger partial charge on any atom is 0.569 e. The molecule has 1 heterocycles. The molecule has 19 aromatic carbocycles. The summed E-state index contributed by atoms with van der Waals surface area (Å²) in [5.74, 6) is 0.164. The lowest BCUT2D eigenvalue weighted by Crippen LogP contribution is -2.31. The summed E-state index contributed by atoms with van der Waals surface area (Å²) in [6.45, 7) is 11.3. The van der Waals surface area contributed by atoms with E-state index < -0.39 is 22.2 Å². The highest BCUT2D eigenvalue weighted by atomic mass is 127. The number of nitro benzene ring substituents is 1. The van der Waals surface area contributed by atoms with Crippen LogP contribution >= 0.6 is 134 Å². The fourth-order valence-corrected chi connectivity index (χ4v) is 22.1. The molecule has 1 radical (unpaired) electrons. The molecule has 27 heteroatoms. The van der Waals surface area contributed by atoms with E-state index in [2.05, 4.69) is 361 Å². The molecule has 0 unspecified atom stereocenters. The van der Waals surface area contributed by atoms with Gasteiger partial charge in [0.1, 0.15) is 5.75 Å². The summed E-state index contributed by atoms with van der Waals surface area (Å²) in [6, 6.07) is 120. The number of carbonyl (C=O) groups excluding carboxylic acids is 3. The Balaban J connectivity index is 0.000000132. The summed E-state index contributed by atoms with van der Waals surface area (Å²) in [5.41, 5.74) is 23.6. The largest absolute Gasteiger partial charge is 0.569 e. The van der Waals surface area contributed by atoms with Gasteiger partial charge >= 0.3 is 26.7 Å². The van der Waals surface area contributed by atoms with Crippen molar-refractivity contribution < 1.29 is 66.2 Å². The molecule has 5 aliphatic rings. The molecule has 0 saturated carbocycles. The molecular weight excluding hydrogens is 2440 g/mol. The maximum absolute atomic E-state index is 12.6. The van der Waals surface area contributed by atoms with E-state index in [0.29, 0.717) is 35.3 Å². The first-order valence-corrected chi connectivity index (χ1v) is 54.6. The minimum atomic E-state index is -3.67. The van der Waals surface area contributed by atoms with E-state index in [4.69, 9.17) is 33.8 Å². The fraction of sp³-hybridized carbons (Fsp3) is 0.125. The van der Waals surface area contributed by atoms with Crippen LogP contribution in [0.3, 0.4) is 0 Å². The van der Waals surface area contributed by atoms with Crippen LogP contribution in [0.1, 0.15) is 118 Å². The van der Waals surface area contributed by atoms with Gasteiger partial charge in [-0.2, -0.15) is 8.42 Å². The molecule has 0 atom stereocenters. The standard InChI is InChI=1S/2C19H15Br.C18H13BrO2.C17H9BrO.C17H11Br.C10H7BBrO2.C8H7IO2.C6H5BBrNO4.C4H8O.CH4O3S.CH4/c2*1-19(2)17-6-4-3-5-15(17)16-9-7-12-11-13(20)8-10-14(12)18(16)19;1-21-18(20)17-5-3-2-4-16(17)14-7-6-13-11-15(19)9-8-12(13)10-14;18-11-6-8-12-10(9-11)5-7-14-13-3-1-2-4-15(13)17(19)16(12)14;18-13-6-8-15-12(9-13)5-7-16-14-4-2-1-3-11(14)10-17(15)16;12-9-3-1-8-6-10(14-11-13)4-2-7(8)5-9;1-11-8(10)6-4-2-3-5-7(6)9;8-4-1-2-6(9(12)13)5(3-4)7(10)11;1-2-4-5-3-1;1-5(2,3)4;/h2*3-11H,1-2H3;2-11H,1H3;1-9H;1-9H,10H2;1-6,13H;2-5H,1H3;1-3,10-11H;1-4H2;1H3,(H,2,3,4);1H4. The number of ether oxygens (including phenoxy) is 3. The zero-order valence-electron chi connectivity index (χ0n) is 79.9. The zero-order chi connectivity index (χ0) is 104. The van der Waals surface area contributed by atoms with Crippen molar-refractivity contribution >= 4 is 253 Å². The SMILES string of the molecule is Brc1ccc2c3c(ccc2c1)-c1ccccc1C3.C.C1CCOC1.CC1(C)c2ccccc2-c2ccc3cc(Br)ccc3c21.CC1(C)c2ccccc2-c2ccc3cc(Br)ccc3c21.COC(=O)c1ccccc1-c1ccc2cc(Br)ccc2c1.COC(=O)c1ccccc1I.CS(=O)(=O)O.O=C1c2ccccc2-c2ccc3cc(Br)ccc3c21.O=[N+]([O-])c1ccc(Br)cc1B(O)O.O[B]Oc1ccc2cc(Br)ccc2c1. The summed E-state index contributed by atoms with van der Waals surface area (Å²) in [4.78, 5) is 45.2. The smallest absolute Gasteiger partial charge is 0.537 e. The number of ketones is 1. The van der Waals surface area contributed by atoms with Crippen molar-refractivity contribution in [2.75, 3.05) is 33.7 Å². The molecule has 4 aliphatic carbocycles. The number of hydrogen-bond acceptors (Lipinski definition) is 14. The summed E-state index contributed by atoms with van der Waals surface area (Å²) < 4.78 is 53.1. The lowest BCUT2D eigenvalue weighted by atomic mass is 9.79. The quantitative estimate of drug-likeness (QED) is 0.0289. The van der Waals surface area contributed by atoms with Gasteiger partial charge in [-0.3, -0.25) is 19.5 Å². The highest BCUT2D eigenvalue weighted by molar-refractivity contribution is 14.1. The minimum Gasteiger partial charge on any atom is -0.537 e. The van der Waals surface area contributed by atoms with Gasteiger partial charge in [-0.1, -0.05) is 377 Å². The number of rotatable bonds is 7. The van der Waals surface area contributed by atoms with Gasteiger partial charge in [-0.25, -0.2) is 9.59 Å². The van der Waals surface area contributed by atoms with E-state index in [1.807, 2.05) is 133 Å². The van der Waals surface area contributed by atoms with Crippen LogP contribution in [-0.2, 0) is 41.6 Å². The summed E-state index contributed by atoms with van der Waals surface area (Å²) >= 11 is 26.2. The van der Waals surface area contributed by atoms with E-state index in [1.54, 1.807) is 12.1 Å². The van der Waals surface area contributed by atoms with Crippen LogP contribution in [0.5, 0.6) is 5.75 Å². The first kappa shape index (κ1) is 111. The second-order valence-corrected chi connectivity index (χ2v) is 44.6. The third-order valence-electron chi connectivity index (χ3n) is 25.4. The lowest BCUT2D eigenvalue weighted by Gasteiger charge is -2.23. The maximum atomic E-state index is 12.6. The summed E-state index contributed by atoms with van der Waals surface area (Å²) in [5, 5.41) is 51.2. The topological polar surface area (TPSA) is 246 Å². The van der Waals surface area contributed by atoms with Crippen LogP contribution in [0.15, 0.2) is 389 Å². The Kier molecular flexibility index (Phi) is 37.6. The number of fused-ring (bicyclic) bond motifs is 22. The highest BCUT2D eigenvalue weighted by Crippen LogP contribution is 2.54. The van der Waals surface area contributed by atoms with Crippen LogP contribution < -0.4 is 10.1 Å². The van der Waals surface area contributed by atoms with Crippen LogP contribution in [0.25, 0.3) is 120 Å². The van der Waals surface area contributed by atoms with Gasteiger partial charge < -0.3 is 33.9 Å². The zero-order valence-corrected chi connectivity index (χ0v) is 94.0. The Morgan fingerprint density at radius 3 is 1.29 bits per heavy atom. The number of hydrogen-bond donors (Lipinski definition) is 4. The van der Waals surface area contributed by atoms with E-state index in [9.17, 15) is 32.9 Å². The molecule has 16 nitrogen and oxygen atoms in total. The van der Waals surface area contributed by atoms with Crippen molar-refractivity contribution in [1.82, 2.24) is 0 Å². The number of benzene rings is 19. The molecule has 1 fully saturated rings. The average Bonchev–Trinajstić information content (AvgIpc) is 1.57. The van der Waals surface area contributed by atoms with E-state index in [-0.39, 0.29) is 47.1 Å². The number of esters is 2. The predicted molar refractivity (Wildman–Crippen MR) is 633 cm³/mol. The van der Waals surface area contributed by atoms with Gasteiger partial charge in [-0.05, 0) is 317 Å². The average molecular weight is 2530 g/mol. The molecular formula is C120H98B2Br7INO15S. The molecule has 0 bridgehead atoms. The molecule has 0 spiro atoms. The van der Waals surface area contributed by atoms with Gasteiger partial charge in [0, 0.05) is 76.1 Å². The van der Waals surface area contributed by atoms with Crippen molar-refractivity contribution in [1.29, 1.82) is 0 Å². The highest BCUT2D eigenvalue weighted by Gasteiger charge is 2.39. The van der Waals surface area contributed by atoms with E-state index in [0.717, 1.165) is 116 Å². The van der Waals surface area contributed by atoms with Gasteiger partial charge in [0.2, 0.25) is 0 Å². The van der Waals surface area contributed by atoms with Crippen LogP contribution in [0.4, 0.5) is 5.69 Å². The lowest BCUT2D eigenvalue weighted by molar-refractivity contribution is -0.383. The Hall–Kier alpha value is -11.5. The van der Waals surface area contributed by atoms with Crippen LogP contribution in [0.2, 0.25) is 0 Å². The molecule has 0 amide bonds. The van der Waals surface area contributed by atoms with Gasteiger partial charge in [-0.15, -0.1) is 0 Å². The number of nitrogens with zero attached hydrogens (tertiary/aromatic N) is 1.